The molecule has 2 heterocycles. The minimum absolute atomic E-state index is 0.479. The second-order valence-electron chi connectivity index (χ2n) is 7.36. The summed E-state index contributed by atoms with van der Waals surface area (Å²) in [7, 11) is 1.65. The van der Waals surface area contributed by atoms with Gasteiger partial charge in [0.2, 0.25) is 11.8 Å². The Kier molecular flexibility index (Phi) is 5.91. The highest BCUT2D eigenvalue weighted by molar-refractivity contribution is 7.98. The molecule has 164 valence electrons. The van der Waals surface area contributed by atoms with Crippen LogP contribution in [0.1, 0.15) is 11.5 Å². The first-order chi connectivity index (χ1) is 16.2. The molecule has 0 unspecified atom stereocenters. The lowest BCUT2D eigenvalue weighted by Gasteiger charge is -2.10. The van der Waals surface area contributed by atoms with E-state index in [4.69, 9.17) is 9.15 Å². The van der Waals surface area contributed by atoms with E-state index in [0.29, 0.717) is 17.5 Å². The van der Waals surface area contributed by atoms with Crippen LogP contribution < -0.4 is 4.74 Å². The third-order valence-electron chi connectivity index (χ3n) is 5.09. The summed E-state index contributed by atoms with van der Waals surface area (Å²) in [5.41, 5.74) is 4.00. The summed E-state index contributed by atoms with van der Waals surface area (Å²) >= 11 is 1.50. The molecule has 5 rings (SSSR count). The Morgan fingerprint density at radius 3 is 2.27 bits per heavy atom. The van der Waals surface area contributed by atoms with E-state index in [-0.39, 0.29) is 0 Å². The van der Waals surface area contributed by atoms with E-state index >= 15 is 0 Å². The van der Waals surface area contributed by atoms with Crippen LogP contribution in [-0.2, 0) is 5.75 Å². The van der Waals surface area contributed by atoms with Crippen molar-refractivity contribution in [1.29, 1.82) is 0 Å². The zero-order chi connectivity index (χ0) is 22.6. The molecule has 0 spiro atoms. The van der Waals surface area contributed by atoms with Crippen molar-refractivity contribution in [2.45, 2.75) is 17.8 Å². The molecule has 7 nitrogen and oxygen atoms in total. The number of hydrogen-bond donors (Lipinski definition) is 0. The largest absolute Gasteiger partial charge is 0.497 e. The van der Waals surface area contributed by atoms with Crippen molar-refractivity contribution in [1.82, 2.24) is 25.0 Å². The smallest absolute Gasteiger partial charge is 0.247 e. The van der Waals surface area contributed by atoms with E-state index in [2.05, 4.69) is 20.4 Å². The molecule has 2 aromatic heterocycles. The molecule has 33 heavy (non-hydrogen) atoms. The third kappa shape index (κ3) is 4.51. The van der Waals surface area contributed by atoms with Gasteiger partial charge in [-0.15, -0.1) is 20.4 Å². The molecule has 0 radical (unpaired) electrons. The Labute approximate surface area is 195 Å². The molecule has 0 atom stereocenters. The van der Waals surface area contributed by atoms with Crippen LogP contribution in [0.4, 0.5) is 0 Å². The van der Waals surface area contributed by atoms with Gasteiger partial charge in [-0.2, -0.15) is 0 Å². The number of benzene rings is 3. The maximum atomic E-state index is 5.88. The van der Waals surface area contributed by atoms with Crippen molar-refractivity contribution in [2.75, 3.05) is 7.11 Å². The number of aryl methyl sites for hydroxylation is 1. The van der Waals surface area contributed by atoms with Crippen molar-refractivity contribution < 1.29 is 9.15 Å². The molecule has 0 saturated heterocycles. The minimum Gasteiger partial charge on any atom is -0.497 e. The van der Waals surface area contributed by atoms with E-state index < -0.39 is 0 Å². The highest BCUT2D eigenvalue weighted by Crippen LogP contribution is 2.31. The molecule has 5 aromatic rings. The number of rotatable bonds is 7. The fourth-order valence-electron chi connectivity index (χ4n) is 3.35. The number of thioether (sulfide) groups is 1. The molecular formula is C25H21N5O2S. The summed E-state index contributed by atoms with van der Waals surface area (Å²) in [4.78, 5) is 0. The van der Waals surface area contributed by atoms with E-state index in [1.54, 1.807) is 7.11 Å². The van der Waals surface area contributed by atoms with Gasteiger partial charge < -0.3 is 9.15 Å². The number of methoxy groups -OCH3 is 1. The standard InChI is InChI=1S/C25H21N5O2S/c1-17-8-10-19(11-9-17)24-28-26-22(32-24)16-33-25-29-27-23(18-12-14-21(31-2)15-13-18)30(25)20-6-4-3-5-7-20/h3-15H,16H2,1-2H3. The van der Waals surface area contributed by atoms with Gasteiger partial charge in [0.1, 0.15) is 5.75 Å². The SMILES string of the molecule is COc1ccc(-c2nnc(SCc3nnc(-c4ccc(C)cc4)o3)n2-c2ccccc2)cc1. The Morgan fingerprint density at radius 1 is 0.818 bits per heavy atom. The summed E-state index contributed by atoms with van der Waals surface area (Å²) in [6, 6.07) is 25.8. The predicted octanol–water partition coefficient (Wildman–Crippen LogP) is 5.59. The van der Waals surface area contributed by atoms with Gasteiger partial charge in [-0.25, -0.2) is 0 Å². The summed E-state index contributed by atoms with van der Waals surface area (Å²) in [6.07, 6.45) is 0. The predicted molar refractivity (Wildman–Crippen MR) is 127 cm³/mol. The average molecular weight is 456 g/mol. The average Bonchev–Trinajstić information content (AvgIpc) is 3.51. The van der Waals surface area contributed by atoms with Crippen molar-refractivity contribution in [3.05, 3.63) is 90.3 Å². The lowest BCUT2D eigenvalue weighted by atomic mass is 10.1. The van der Waals surface area contributed by atoms with E-state index in [1.807, 2.05) is 90.4 Å². The van der Waals surface area contributed by atoms with Crippen LogP contribution in [0.3, 0.4) is 0 Å². The third-order valence-corrected chi connectivity index (χ3v) is 6.00. The van der Waals surface area contributed by atoms with Crippen molar-refractivity contribution >= 4 is 11.8 Å². The lowest BCUT2D eigenvalue weighted by Crippen LogP contribution is -1.99. The summed E-state index contributed by atoms with van der Waals surface area (Å²) < 4.78 is 13.2. The van der Waals surface area contributed by atoms with Gasteiger partial charge >= 0.3 is 0 Å². The van der Waals surface area contributed by atoms with E-state index in [0.717, 1.165) is 33.5 Å². The van der Waals surface area contributed by atoms with Gasteiger partial charge in [0, 0.05) is 16.8 Å². The molecule has 0 aliphatic heterocycles. The molecule has 0 saturated carbocycles. The molecule has 3 aromatic carbocycles. The van der Waals surface area contributed by atoms with Gasteiger partial charge in [-0.05, 0) is 55.5 Å². The molecule has 0 N–H and O–H groups in total. The number of ether oxygens (including phenoxy) is 1. The number of aromatic nitrogens is 5. The number of para-hydroxylation sites is 1. The monoisotopic (exact) mass is 455 g/mol. The van der Waals surface area contributed by atoms with Gasteiger partial charge in [0.25, 0.3) is 0 Å². The van der Waals surface area contributed by atoms with Crippen molar-refractivity contribution in [3.8, 4) is 34.3 Å². The minimum atomic E-state index is 0.479. The zero-order valence-electron chi connectivity index (χ0n) is 18.2. The summed E-state index contributed by atoms with van der Waals surface area (Å²) in [5, 5.41) is 18.1. The quantitative estimate of drug-likeness (QED) is 0.296. The van der Waals surface area contributed by atoms with Crippen LogP contribution >= 0.6 is 11.8 Å². The first-order valence-electron chi connectivity index (χ1n) is 10.4. The van der Waals surface area contributed by atoms with E-state index in [1.165, 1.54) is 17.3 Å². The molecule has 0 bridgehead atoms. The lowest BCUT2D eigenvalue weighted by molar-refractivity contribution is 0.415. The fourth-order valence-corrected chi connectivity index (χ4v) is 4.14. The fraction of sp³-hybridized carbons (Fsp3) is 0.120. The first kappa shape index (κ1) is 21.0. The van der Waals surface area contributed by atoms with Crippen LogP contribution in [0.5, 0.6) is 5.75 Å². The summed E-state index contributed by atoms with van der Waals surface area (Å²) in [5.74, 6) is 3.06. The van der Waals surface area contributed by atoms with Gasteiger partial charge in [-0.3, -0.25) is 4.57 Å². The van der Waals surface area contributed by atoms with Gasteiger partial charge in [0.05, 0.1) is 12.9 Å². The highest BCUT2D eigenvalue weighted by Gasteiger charge is 2.18. The van der Waals surface area contributed by atoms with Crippen molar-refractivity contribution in [2.24, 2.45) is 0 Å². The Morgan fingerprint density at radius 2 is 1.55 bits per heavy atom. The van der Waals surface area contributed by atoms with E-state index in [9.17, 15) is 0 Å². The van der Waals surface area contributed by atoms with Crippen LogP contribution in [0.15, 0.2) is 88.4 Å². The van der Waals surface area contributed by atoms with Gasteiger partial charge in [0.15, 0.2) is 11.0 Å². The maximum Gasteiger partial charge on any atom is 0.247 e. The zero-order valence-corrected chi connectivity index (χ0v) is 19.0. The topological polar surface area (TPSA) is 78.9 Å². The number of hydrogen-bond acceptors (Lipinski definition) is 7. The summed E-state index contributed by atoms with van der Waals surface area (Å²) in [6.45, 7) is 2.04. The van der Waals surface area contributed by atoms with Crippen LogP contribution in [0.2, 0.25) is 0 Å². The molecule has 0 aliphatic rings. The molecule has 8 heteroatoms. The molecule has 0 amide bonds. The van der Waals surface area contributed by atoms with Crippen LogP contribution in [-0.4, -0.2) is 32.1 Å². The second-order valence-corrected chi connectivity index (χ2v) is 8.30. The number of nitrogens with zero attached hydrogens (tertiary/aromatic N) is 5. The Bertz CT molecular complexity index is 1350. The normalized spacial score (nSPS) is 11.0. The Hall–Kier alpha value is -3.91. The van der Waals surface area contributed by atoms with Crippen LogP contribution in [0.25, 0.3) is 28.5 Å². The molecule has 0 aliphatic carbocycles. The van der Waals surface area contributed by atoms with Gasteiger partial charge in [-0.1, -0.05) is 47.7 Å². The highest BCUT2D eigenvalue weighted by atomic mass is 32.2. The first-order valence-corrected chi connectivity index (χ1v) is 11.4. The molecule has 0 fully saturated rings. The maximum absolute atomic E-state index is 5.88. The van der Waals surface area contributed by atoms with Crippen molar-refractivity contribution in [3.63, 3.8) is 0 Å². The second kappa shape index (κ2) is 9.30. The molecular weight excluding hydrogens is 434 g/mol. The Balaban J connectivity index is 1.42. The van der Waals surface area contributed by atoms with Crippen LogP contribution in [0, 0.1) is 6.92 Å².